The number of nitrogens with zero attached hydrogens (tertiary/aromatic N) is 2. The van der Waals surface area contributed by atoms with Gasteiger partial charge in [0.1, 0.15) is 17.5 Å². The smallest absolute Gasteiger partial charge is 0.157 e. The van der Waals surface area contributed by atoms with E-state index in [1.807, 2.05) is 6.07 Å². The molecule has 0 radical (unpaired) electrons. The summed E-state index contributed by atoms with van der Waals surface area (Å²) < 4.78 is 5.03. The second-order valence-corrected chi connectivity index (χ2v) is 5.55. The van der Waals surface area contributed by atoms with Gasteiger partial charge in [0.25, 0.3) is 0 Å². The molecule has 0 aliphatic rings. The molecular formula is C11H20N4OS. The third-order valence-electron chi connectivity index (χ3n) is 2.42. The van der Waals surface area contributed by atoms with Crippen LogP contribution in [0.15, 0.2) is 11.1 Å². The van der Waals surface area contributed by atoms with Crippen LogP contribution in [0.1, 0.15) is 26.6 Å². The molecule has 0 fully saturated rings. The van der Waals surface area contributed by atoms with Crippen molar-refractivity contribution in [2.45, 2.75) is 37.7 Å². The number of ether oxygens (including phenoxy) is 1. The van der Waals surface area contributed by atoms with Crippen LogP contribution < -0.4 is 11.3 Å². The lowest BCUT2D eigenvalue weighted by Crippen LogP contribution is -2.12. The first-order valence-corrected chi connectivity index (χ1v) is 6.45. The fraction of sp³-hybridized carbons (Fsp3) is 0.636. The first kappa shape index (κ1) is 14.2. The van der Waals surface area contributed by atoms with E-state index in [2.05, 4.69) is 36.2 Å². The monoisotopic (exact) mass is 256 g/mol. The molecule has 17 heavy (non-hydrogen) atoms. The molecule has 1 aromatic rings. The molecule has 0 aliphatic heterocycles. The third kappa shape index (κ3) is 4.49. The SMILES string of the molecule is COCc1nc(NN)cc(SC(C)C(C)C)n1. The molecule has 1 unspecified atom stereocenters. The fourth-order valence-electron chi connectivity index (χ4n) is 1.13. The lowest BCUT2D eigenvalue weighted by Gasteiger charge is -2.15. The summed E-state index contributed by atoms with van der Waals surface area (Å²) in [5, 5.41) is 1.41. The van der Waals surface area contributed by atoms with E-state index >= 15 is 0 Å². The summed E-state index contributed by atoms with van der Waals surface area (Å²) >= 11 is 1.72. The van der Waals surface area contributed by atoms with Gasteiger partial charge in [-0.25, -0.2) is 15.8 Å². The van der Waals surface area contributed by atoms with Gasteiger partial charge >= 0.3 is 0 Å². The number of thioether (sulfide) groups is 1. The molecule has 1 rings (SSSR count). The number of nitrogens with two attached hydrogens (primary N) is 1. The Morgan fingerprint density at radius 3 is 2.65 bits per heavy atom. The topological polar surface area (TPSA) is 73.1 Å². The average molecular weight is 256 g/mol. The van der Waals surface area contributed by atoms with Gasteiger partial charge in [-0.1, -0.05) is 20.8 Å². The lowest BCUT2D eigenvalue weighted by atomic mass is 10.2. The maximum atomic E-state index is 5.38. The van der Waals surface area contributed by atoms with Gasteiger partial charge in [0.2, 0.25) is 0 Å². The molecule has 1 atom stereocenters. The predicted molar refractivity (Wildman–Crippen MR) is 70.7 cm³/mol. The normalized spacial score (nSPS) is 12.8. The van der Waals surface area contributed by atoms with Crippen LogP contribution >= 0.6 is 11.8 Å². The quantitative estimate of drug-likeness (QED) is 0.351. The van der Waals surface area contributed by atoms with Gasteiger partial charge < -0.3 is 10.2 Å². The highest BCUT2D eigenvalue weighted by molar-refractivity contribution is 7.99. The Bertz CT molecular complexity index is 359. The van der Waals surface area contributed by atoms with Gasteiger partial charge in [-0.15, -0.1) is 11.8 Å². The van der Waals surface area contributed by atoms with E-state index in [0.29, 0.717) is 29.4 Å². The highest BCUT2D eigenvalue weighted by Gasteiger charge is 2.12. The van der Waals surface area contributed by atoms with Crippen molar-refractivity contribution in [3.05, 3.63) is 11.9 Å². The van der Waals surface area contributed by atoms with Gasteiger partial charge in [-0.2, -0.15) is 0 Å². The predicted octanol–water partition coefficient (Wildman–Crippen LogP) is 2.05. The number of hydrogen-bond donors (Lipinski definition) is 2. The zero-order chi connectivity index (χ0) is 12.8. The van der Waals surface area contributed by atoms with Gasteiger partial charge in [0, 0.05) is 18.4 Å². The highest BCUT2D eigenvalue weighted by Crippen LogP contribution is 2.27. The van der Waals surface area contributed by atoms with Crippen molar-refractivity contribution in [2.75, 3.05) is 12.5 Å². The van der Waals surface area contributed by atoms with E-state index in [-0.39, 0.29) is 0 Å². The van der Waals surface area contributed by atoms with E-state index in [1.165, 1.54) is 0 Å². The van der Waals surface area contributed by atoms with E-state index in [0.717, 1.165) is 5.03 Å². The number of rotatable bonds is 6. The maximum Gasteiger partial charge on any atom is 0.157 e. The molecule has 0 bridgehead atoms. The Balaban J connectivity index is 2.86. The minimum Gasteiger partial charge on any atom is -0.377 e. The molecule has 0 aliphatic carbocycles. The van der Waals surface area contributed by atoms with Crippen molar-refractivity contribution in [2.24, 2.45) is 11.8 Å². The third-order valence-corrected chi connectivity index (χ3v) is 3.78. The molecule has 96 valence electrons. The first-order valence-electron chi connectivity index (χ1n) is 5.57. The minimum atomic E-state index is 0.388. The van der Waals surface area contributed by atoms with E-state index in [1.54, 1.807) is 18.9 Å². The number of nitrogen functional groups attached to an aromatic ring is 1. The van der Waals surface area contributed by atoms with Crippen molar-refractivity contribution in [3.8, 4) is 0 Å². The molecule has 0 spiro atoms. The van der Waals surface area contributed by atoms with Crippen LogP contribution in [0.3, 0.4) is 0 Å². The molecule has 0 amide bonds. The van der Waals surface area contributed by atoms with Crippen LogP contribution in [0.2, 0.25) is 0 Å². The Hall–Kier alpha value is -0.850. The van der Waals surface area contributed by atoms with E-state index in [9.17, 15) is 0 Å². The Morgan fingerprint density at radius 2 is 2.12 bits per heavy atom. The molecule has 0 aromatic carbocycles. The molecule has 1 heterocycles. The molecule has 0 saturated heterocycles. The van der Waals surface area contributed by atoms with Gasteiger partial charge in [-0.05, 0) is 5.92 Å². The molecule has 3 N–H and O–H groups in total. The van der Waals surface area contributed by atoms with Crippen LogP contribution in [-0.4, -0.2) is 22.3 Å². The Labute approximate surface area is 107 Å². The number of hydrazine groups is 1. The summed E-state index contributed by atoms with van der Waals surface area (Å²) in [7, 11) is 1.62. The van der Waals surface area contributed by atoms with Crippen LogP contribution in [0.4, 0.5) is 5.82 Å². The maximum absolute atomic E-state index is 5.38. The summed E-state index contributed by atoms with van der Waals surface area (Å²) in [6.45, 7) is 6.95. The van der Waals surface area contributed by atoms with Gasteiger partial charge in [0.15, 0.2) is 5.82 Å². The van der Waals surface area contributed by atoms with Gasteiger partial charge in [0.05, 0.1) is 0 Å². The summed E-state index contributed by atoms with van der Waals surface area (Å²) in [5.74, 6) is 7.23. The molecular weight excluding hydrogens is 236 g/mol. The lowest BCUT2D eigenvalue weighted by molar-refractivity contribution is 0.177. The molecule has 5 nitrogen and oxygen atoms in total. The number of aromatic nitrogens is 2. The van der Waals surface area contributed by atoms with Crippen molar-refractivity contribution in [1.82, 2.24) is 9.97 Å². The zero-order valence-corrected chi connectivity index (χ0v) is 11.5. The van der Waals surface area contributed by atoms with Crippen molar-refractivity contribution < 1.29 is 4.74 Å². The largest absolute Gasteiger partial charge is 0.377 e. The van der Waals surface area contributed by atoms with Crippen molar-refractivity contribution >= 4 is 17.6 Å². The van der Waals surface area contributed by atoms with E-state index in [4.69, 9.17) is 10.6 Å². The first-order chi connectivity index (χ1) is 8.06. The van der Waals surface area contributed by atoms with Crippen molar-refractivity contribution in [3.63, 3.8) is 0 Å². The van der Waals surface area contributed by atoms with Crippen LogP contribution in [0, 0.1) is 5.92 Å². The average Bonchev–Trinajstić information content (AvgIpc) is 2.28. The molecule has 0 saturated carbocycles. The van der Waals surface area contributed by atoms with E-state index < -0.39 is 0 Å². The summed E-state index contributed by atoms with van der Waals surface area (Å²) in [6, 6.07) is 1.85. The van der Waals surface area contributed by atoms with Crippen LogP contribution in [0.25, 0.3) is 0 Å². The van der Waals surface area contributed by atoms with Crippen LogP contribution in [-0.2, 0) is 11.3 Å². The number of nitrogens with one attached hydrogen (secondary N) is 1. The number of methoxy groups -OCH3 is 1. The second kappa shape index (κ2) is 6.78. The second-order valence-electron chi connectivity index (χ2n) is 4.15. The van der Waals surface area contributed by atoms with Crippen molar-refractivity contribution in [1.29, 1.82) is 0 Å². The number of anilines is 1. The Kier molecular flexibility index (Phi) is 5.67. The summed E-state index contributed by atoms with van der Waals surface area (Å²) in [5.41, 5.74) is 2.55. The minimum absolute atomic E-state index is 0.388. The zero-order valence-electron chi connectivity index (χ0n) is 10.7. The van der Waals surface area contributed by atoms with Gasteiger partial charge in [-0.3, -0.25) is 0 Å². The fourth-order valence-corrected chi connectivity index (χ4v) is 2.12. The van der Waals surface area contributed by atoms with Crippen LogP contribution in [0.5, 0.6) is 0 Å². The number of hydrogen-bond acceptors (Lipinski definition) is 6. The molecule has 1 aromatic heterocycles. The summed E-state index contributed by atoms with van der Waals surface area (Å²) in [4.78, 5) is 8.63. The molecule has 6 heteroatoms. The Morgan fingerprint density at radius 1 is 1.41 bits per heavy atom. The highest BCUT2D eigenvalue weighted by atomic mass is 32.2. The summed E-state index contributed by atoms with van der Waals surface area (Å²) in [6.07, 6.45) is 0. The standard InChI is InChI=1S/C11H20N4OS/c1-7(2)8(3)17-11-5-9(15-12)13-10(14-11)6-16-4/h5,7-8H,6,12H2,1-4H3,(H,13,14,15).